The largest absolute Gasteiger partial charge is 0.481 e. The van der Waals surface area contributed by atoms with E-state index < -0.39 is 5.60 Å². The lowest BCUT2D eigenvalue weighted by Gasteiger charge is -2.36. The van der Waals surface area contributed by atoms with Crippen LogP contribution >= 0.6 is 0 Å². The van der Waals surface area contributed by atoms with E-state index in [-0.39, 0.29) is 17.9 Å². The Labute approximate surface area is 119 Å². The Hall–Kier alpha value is -1.56. The molecule has 20 heavy (non-hydrogen) atoms. The highest BCUT2D eigenvalue weighted by molar-refractivity contribution is 5.92. The summed E-state index contributed by atoms with van der Waals surface area (Å²) in [6, 6.07) is 1.58. The minimum absolute atomic E-state index is 0.178. The SMILES string of the molecule is COc1cc(C(=O)NC[C@]2(O)CCCC2(C)C)nn1C. The molecule has 6 nitrogen and oxygen atoms in total. The number of amides is 1. The highest BCUT2D eigenvalue weighted by Crippen LogP contribution is 2.45. The fourth-order valence-electron chi connectivity index (χ4n) is 2.79. The van der Waals surface area contributed by atoms with E-state index in [0.29, 0.717) is 18.0 Å². The van der Waals surface area contributed by atoms with E-state index in [9.17, 15) is 9.90 Å². The smallest absolute Gasteiger partial charge is 0.272 e. The van der Waals surface area contributed by atoms with Gasteiger partial charge in [0.1, 0.15) is 0 Å². The van der Waals surface area contributed by atoms with Crippen LogP contribution in [0.1, 0.15) is 43.6 Å². The van der Waals surface area contributed by atoms with Crippen LogP contribution in [0.25, 0.3) is 0 Å². The molecule has 0 aliphatic heterocycles. The fourth-order valence-corrected chi connectivity index (χ4v) is 2.79. The van der Waals surface area contributed by atoms with Crippen molar-refractivity contribution in [2.75, 3.05) is 13.7 Å². The Balaban J connectivity index is 2.02. The van der Waals surface area contributed by atoms with Gasteiger partial charge in [-0.05, 0) is 24.7 Å². The highest BCUT2D eigenvalue weighted by Gasteiger charge is 2.47. The van der Waals surface area contributed by atoms with E-state index in [1.54, 1.807) is 13.1 Å². The number of rotatable bonds is 4. The molecule has 0 aromatic carbocycles. The van der Waals surface area contributed by atoms with Crippen LogP contribution in [-0.4, -0.2) is 40.0 Å². The Morgan fingerprint density at radius 2 is 2.25 bits per heavy atom. The third kappa shape index (κ3) is 2.52. The zero-order chi connectivity index (χ0) is 15.0. The monoisotopic (exact) mass is 281 g/mol. The van der Waals surface area contributed by atoms with E-state index in [1.165, 1.54) is 11.8 Å². The first-order chi connectivity index (χ1) is 9.29. The van der Waals surface area contributed by atoms with Gasteiger partial charge in [0.2, 0.25) is 5.88 Å². The summed E-state index contributed by atoms with van der Waals surface area (Å²) in [5.74, 6) is 0.232. The van der Waals surface area contributed by atoms with E-state index in [4.69, 9.17) is 4.74 Å². The van der Waals surface area contributed by atoms with Gasteiger partial charge in [-0.1, -0.05) is 13.8 Å². The van der Waals surface area contributed by atoms with Crippen molar-refractivity contribution in [3.8, 4) is 5.88 Å². The number of nitrogens with zero attached hydrogens (tertiary/aromatic N) is 2. The number of nitrogens with one attached hydrogen (secondary N) is 1. The van der Waals surface area contributed by atoms with Crippen molar-refractivity contribution in [2.24, 2.45) is 12.5 Å². The molecule has 1 aliphatic rings. The number of hydrogen-bond donors (Lipinski definition) is 2. The molecule has 0 bridgehead atoms. The summed E-state index contributed by atoms with van der Waals surface area (Å²) in [6.07, 6.45) is 2.67. The second-order valence-electron chi connectivity index (χ2n) is 6.15. The Bertz CT molecular complexity index is 510. The summed E-state index contributed by atoms with van der Waals surface area (Å²) in [4.78, 5) is 12.1. The molecule has 1 aliphatic carbocycles. The molecule has 2 N–H and O–H groups in total. The zero-order valence-corrected chi connectivity index (χ0v) is 12.6. The van der Waals surface area contributed by atoms with Crippen LogP contribution in [-0.2, 0) is 7.05 Å². The summed E-state index contributed by atoms with van der Waals surface area (Å²) in [5.41, 5.74) is -0.729. The summed E-state index contributed by atoms with van der Waals surface area (Å²) in [7, 11) is 3.24. The Morgan fingerprint density at radius 1 is 1.55 bits per heavy atom. The third-order valence-electron chi connectivity index (χ3n) is 4.47. The van der Waals surface area contributed by atoms with Crippen molar-refractivity contribution in [3.05, 3.63) is 11.8 Å². The number of ether oxygens (including phenoxy) is 1. The summed E-state index contributed by atoms with van der Waals surface area (Å²) >= 11 is 0. The van der Waals surface area contributed by atoms with Crippen molar-refractivity contribution in [1.82, 2.24) is 15.1 Å². The summed E-state index contributed by atoms with van der Waals surface area (Å²) in [5, 5.41) is 17.5. The number of aryl methyl sites for hydroxylation is 1. The molecule has 1 aromatic rings. The van der Waals surface area contributed by atoms with Gasteiger partial charge < -0.3 is 15.2 Å². The maximum absolute atomic E-state index is 12.1. The second-order valence-corrected chi connectivity index (χ2v) is 6.15. The van der Waals surface area contributed by atoms with Crippen LogP contribution < -0.4 is 10.1 Å². The average molecular weight is 281 g/mol. The van der Waals surface area contributed by atoms with E-state index in [1.807, 2.05) is 13.8 Å². The fraction of sp³-hybridized carbons (Fsp3) is 0.714. The van der Waals surface area contributed by atoms with Crippen LogP contribution in [0, 0.1) is 5.41 Å². The molecule has 2 rings (SSSR count). The molecule has 1 atom stereocenters. The maximum atomic E-state index is 12.1. The molecule has 0 unspecified atom stereocenters. The molecule has 1 aromatic heterocycles. The Kier molecular flexibility index (Phi) is 3.77. The lowest BCUT2D eigenvalue weighted by atomic mass is 9.78. The van der Waals surface area contributed by atoms with Crippen LogP contribution in [0.15, 0.2) is 6.07 Å². The quantitative estimate of drug-likeness (QED) is 0.866. The van der Waals surface area contributed by atoms with E-state index in [2.05, 4.69) is 10.4 Å². The molecule has 1 amide bonds. The average Bonchev–Trinajstić information content (AvgIpc) is 2.88. The molecule has 1 heterocycles. The first-order valence-electron chi connectivity index (χ1n) is 6.88. The van der Waals surface area contributed by atoms with Gasteiger partial charge in [0, 0.05) is 19.7 Å². The Morgan fingerprint density at radius 3 is 2.75 bits per heavy atom. The van der Waals surface area contributed by atoms with Gasteiger partial charge in [-0.3, -0.25) is 4.79 Å². The predicted octanol–water partition coefficient (Wildman–Crippen LogP) is 1.10. The number of aromatic nitrogens is 2. The van der Waals surface area contributed by atoms with Gasteiger partial charge in [0.05, 0.1) is 12.7 Å². The normalized spacial score (nSPS) is 24.6. The molecular weight excluding hydrogens is 258 g/mol. The predicted molar refractivity (Wildman–Crippen MR) is 74.7 cm³/mol. The zero-order valence-electron chi connectivity index (χ0n) is 12.6. The third-order valence-corrected chi connectivity index (χ3v) is 4.47. The molecule has 6 heteroatoms. The maximum Gasteiger partial charge on any atom is 0.272 e. The minimum Gasteiger partial charge on any atom is -0.481 e. The standard InChI is InChI=1S/C14H23N3O3/c1-13(2)6-5-7-14(13,19)9-15-12(18)10-8-11(20-4)17(3)16-10/h8,19H,5-7,9H2,1-4H3,(H,15,18)/t14-/m1/s1. The molecule has 1 fully saturated rings. The topological polar surface area (TPSA) is 76.4 Å². The molecule has 1 saturated carbocycles. The number of carbonyl (C=O) groups excluding carboxylic acids is 1. The van der Waals surface area contributed by atoms with E-state index >= 15 is 0 Å². The van der Waals surface area contributed by atoms with Gasteiger partial charge in [-0.15, -0.1) is 0 Å². The van der Waals surface area contributed by atoms with Gasteiger partial charge in [0.25, 0.3) is 5.91 Å². The molecular formula is C14H23N3O3. The van der Waals surface area contributed by atoms with Crippen LogP contribution in [0.5, 0.6) is 5.88 Å². The molecule has 112 valence electrons. The van der Waals surface area contributed by atoms with Crippen molar-refractivity contribution >= 4 is 5.91 Å². The lowest BCUT2D eigenvalue weighted by Crippen LogP contribution is -2.49. The van der Waals surface area contributed by atoms with Gasteiger partial charge >= 0.3 is 0 Å². The number of carbonyl (C=O) groups is 1. The first-order valence-corrected chi connectivity index (χ1v) is 6.88. The van der Waals surface area contributed by atoms with Crippen molar-refractivity contribution in [2.45, 2.75) is 38.7 Å². The summed E-state index contributed by atoms with van der Waals surface area (Å²) < 4.78 is 6.58. The number of hydrogen-bond acceptors (Lipinski definition) is 4. The van der Waals surface area contributed by atoms with Crippen molar-refractivity contribution in [1.29, 1.82) is 0 Å². The molecule has 0 saturated heterocycles. The van der Waals surface area contributed by atoms with Crippen molar-refractivity contribution in [3.63, 3.8) is 0 Å². The first kappa shape index (κ1) is 14.8. The van der Waals surface area contributed by atoms with Gasteiger partial charge in [0.15, 0.2) is 5.69 Å². The minimum atomic E-state index is -0.846. The molecule has 0 spiro atoms. The number of aliphatic hydroxyl groups is 1. The van der Waals surface area contributed by atoms with Gasteiger partial charge in [-0.2, -0.15) is 5.10 Å². The number of methoxy groups -OCH3 is 1. The second kappa shape index (κ2) is 5.09. The van der Waals surface area contributed by atoms with Crippen LogP contribution in [0.2, 0.25) is 0 Å². The highest BCUT2D eigenvalue weighted by atomic mass is 16.5. The molecule has 0 radical (unpaired) electrons. The summed E-state index contributed by atoms with van der Waals surface area (Å²) in [6.45, 7) is 4.32. The van der Waals surface area contributed by atoms with Crippen LogP contribution in [0.4, 0.5) is 0 Å². The lowest BCUT2D eigenvalue weighted by molar-refractivity contribution is -0.0394. The van der Waals surface area contributed by atoms with Crippen molar-refractivity contribution < 1.29 is 14.6 Å². The van der Waals surface area contributed by atoms with E-state index in [0.717, 1.165) is 12.8 Å². The van der Waals surface area contributed by atoms with Crippen LogP contribution in [0.3, 0.4) is 0 Å². The van der Waals surface area contributed by atoms with Gasteiger partial charge in [-0.25, -0.2) is 4.68 Å².